The van der Waals surface area contributed by atoms with Crippen LogP contribution in [0.4, 0.5) is 0 Å². The Morgan fingerprint density at radius 1 is 1.25 bits per heavy atom. The number of benzene rings is 1. The summed E-state index contributed by atoms with van der Waals surface area (Å²) in [5, 5.41) is 14.6. The van der Waals surface area contributed by atoms with Crippen LogP contribution in [0.1, 0.15) is 32.3 Å². The molecule has 3 rings (SSSR count). The number of likely N-dealkylation sites (N-methyl/N-ethyl adjacent to an activating group) is 1. The van der Waals surface area contributed by atoms with Gasteiger partial charge in [-0.2, -0.15) is 0 Å². The van der Waals surface area contributed by atoms with E-state index in [1.54, 1.807) is 17.6 Å². The summed E-state index contributed by atoms with van der Waals surface area (Å²) in [6.45, 7) is 4.13. The van der Waals surface area contributed by atoms with Gasteiger partial charge in [-0.1, -0.05) is 26.0 Å². The number of rotatable bonds is 4. The Kier molecular flexibility index (Phi) is 7.80. The normalized spacial score (nSPS) is 22.9. The van der Waals surface area contributed by atoms with Crippen molar-refractivity contribution >= 4 is 17.7 Å². The summed E-state index contributed by atoms with van der Waals surface area (Å²) in [6, 6.07) is 6.51. The summed E-state index contributed by atoms with van der Waals surface area (Å²) >= 11 is 0. The zero-order chi connectivity index (χ0) is 20.7. The molecule has 0 radical (unpaired) electrons. The second-order valence-electron chi connectivity index (χ2n) is 7.48. The predicted octanol–water partition coefficient (Wildman–Crippen LogP) is 1.03. The van der Waals surface area contributed by atoms with E-state index in [2.05, 4.69) is 10.6 Å². The largest absolute Gasteiger partial charge is 0.494 e. The van der Waals surface area contributed by atoms with E-state index in [4.69, 9.17) is 4.74 Å². The first-order valence-electron chi connectivity index (χ1n) is 9.53. The van der Waals surface area contributed by atoms with Gasteiger partial charge in [-0.15, -0.1) is 0 Å². The minimum Gasteiger partial charge on any atom is -0.494 e. The van der Waals surface area contributed by atoms with E-state index in [9.17, 15) is 19.6 Å². The fraction of sp³-hybridized carbons (Fsp3) is 0.550. The van der Waals surface area contributed by atoms with E-state index in [0.29, 0.717) is 18.6 Å². The standard InChI is InChI=1S/C20H29N3O5/c1-12(2)10-16-15(19(25)23-27)8-9-28-14-6-4-13(5-7-14)11-17(20(26)21-3)22-18(16)24/h4-7,12,15-17,27H,8-11H2,1-3H3,(H,21,26)(H,22,24)(H,23,25)/t15?,16-,17+/m1/s1. The Hall–Kier alpha value is -2.61. The number of fused-ring (bicyclic) bond motifs is 10. The van der Waals surface area contributed by atoms with Gasteiger partial charge in [0.15, 0.2) is 0 Å². The average molecular weight is 391 g/mol. The van der Waals surface area contributed by atoms with Crippen molar-refractivity contribution in [2.75, 3.05) is 13.7 Å². The van der Waals surface area contributed by atoms with Gasteiger partial charge in [0.25, 0.3) is 0 Å². The van der Waals surface area contributed by atoms with E-state index < -0.39 is 23.8 Å². The van der Waals surface area contributed by atoms with Crippen LogP contribution in [-0.4, -0.2) is 42.6 Å². The third-order valence-corrected chi connectivity index (χ3v) is 4.93. The van der Waals surface area contributed by atoms with E-state index in [0.717, 1.165) is 5.56 Å². The van der Waals surface area contributed by atoms with Gasteiger partial charge in [-0.3, -0.25) is 19.6 Å². The van der Waals surface area contributed by atoms with Crippen LogP contribution in [0, 0.1) is 17.8 Å². The molecule has 3 amide bonds. The number of nitrogens with one attached hydrogen (secondary N) is 3. The van der Waals surface area contributed by atoms with Crippen LogP contribution >= 0.6 is 0 Å². The summed E-state index contributed by atoms with van der Waals surface area (Å²) < 4.78 is 5.71. The van der Waals surface area contributed by atoms with Crippen molar-refractivity contribution < 1.29 is 24.3 Å². The van der Waals surface area contributed by atoms with Gasteiger partial charge >= 0.3 is 0 Å². The molecule has 4 N–H and O–H groups in total. The van der Waals surface area contributed by atoms with Gasteiger partial charge in [0.1, 0.15) is 11.8 Å². The maximum Gasteiger partial charge on any atom is 0.247 e. The summed E-state index contributed by atoms with van der Waals surface area (Å²) in [6.07, 6.45) is 1.01. The molecule has 28 heavy (non-hydrogen) atoms. The third-order valence-electron chi connectivity index (χ3n) is 4.93. The monoisotopic (exact) mass is 391 g/mol. The third kappa shape index (κ3) is 5.69. The number of hydrogen-bond acceptors (Lipinski definition) is 5. The van der Waals surface area contributed by atoms with Gasteiger partial charge in [0.05, 0.1) is 12.5 Å². The Bertz CT molecular complexity index is 690. The first-order chi connectivity index (χ1) is 13.3. The highest BCUT2D eigenvalue weighted by atomic mass is 16.5. The lowest BCUT2D eigenvalue weighted by molar-refractivity contribution is -0.142. The molecule has 0 saturated carbocycles. The van der Waals surface area contributed by atoms with E-state index in [-0.39, 0.29) is 30.8 Å². The highest BCUT2D eigenvalue weighted by molar-refractivity contribution is 5.91. The van der Waals surface area contributed by atoms with Crippen LogP contribution in [0.2, 0.25) is 0 Å². The summed E-state index contributed by atoms with van der Waals surface area (Å²) in [7, 11) is 1.51. The predicted molar refractivity (Wildman–Crippen MR) is 103 cm³/mol. The lowest BCUT2D eigenvalue weighted by Gasteiger charge is -2.28. The Balaban J connectivity index is 2.40. The minimum atomic E-state index is -0.781. The van der Waals surface area contributed by atoms with Crippen molar-refractivity contribution in [3.63, 3.8) is 0 Å². The van der Waals surface area contributed by atoms with Crippen molar-refractivity contribution in [1.29, 1.82) is 0 Å². The molecule has 8 nitrogen and oxygen atoms in total. The molecule has 2 aliphatic rings. The van der Waals surface area contributed by atoms with E-state index in [1.165, 1.54) is 7.05 Å². The Labute approximate surface area is 165 Å². The topological polar surface area (TPSA) is 117 Å². The van der Waals surface area contributed by atoms with Crippen LogP contribution in [0.25, 0.3) is 0 Å². The first-order valence-corrected chi connectivity index (χ1v) is 9.53. The van der Waals surface area contributed by atoms with E-state index >= 15 is 0 Å². The van der Waals surface area contributed by atoms with Gasteiger partial charge < -0.3 is 15.4 Å². The zero-order valence-corrected chi connectivity index (χ0v) is 16.5. The van der Waals surface area contributed by atoms with Crippen LogP contribution in [0.5, 0.6) is 5.75 Å². The second kappa shape index (κ2) is 10.1. The molecule has 2 heterocycles. The highest BCUT2D eigenvalue weighted by Gasteiger charge is 2.36. The lowest BCUT2D eigenvalue weighted by atomic mass is 9.82. The summed E-state index contributed by atoms with van der Waals surface area (Å²) in [5.41, 5.74) is 2.55. The molecular formula is C20H29N3O5. The van der Waals surface area contributed by atoms with Gasteiger partial charge in [-0.25, -0.2) is 5.48 Å². The molecule has 8 heteroatoms. The average Bonchev–Trinajstić information content (AvgIpc) is 2.70. The number of ether oxygens (including phenoxy) is 1. The second-order valence-corrected chi connectivity index (χ2v) is 7.48. The van der Waals surface area contributed by atoms with Crippen LogP contribution in [0.15, 0.2) is 24.3 Å². The first kappa shape index (κ1) is 21.7. The fourth-order valence-electron chi connectivity index (χ4n) is 3.48. The molecule has 0 aromatic heterocycles. The molecule has 3 atom stereocenters. The molecule has 2 aliphatic heterocycles. The molecule has 1 aromatic rings. The van der Waals surface area contributed by atoms with Crippen molar-refractivity contribution in [3.05, 3.63) is 29.8 Å². The SMILES string of the molecule is CNC(=O)[C@@H]1Cc2ccc(cc2)OCCC(C(=O)NO)[C@@H](CC(C)C)C(=O)N1. The Morgan fingerprint density at radius 3 is 2.50 bits per heavy atom. The lowest BCUT2D eigenvalue weighted by Crippen LogP contribution is -2.51. The summed E-state index contributed by atoms with van der Waals surface area (Å²) in [4.78, 5) is 37.7. The summed E-state index contributed by atoms with van der Waals surface area (Å²) in [5.74, 6) is -2.02. The number of hydrogen-bond donors (Lipinski definition) is 4. The maximum absolute atomic E-state index is 13.1. The fourth-order valence-corrected chi connectivity index (χ4v) is 3.48. The molecule has 0 spiro atoms. The quantitative estimate of drug-likeness (QED) is 0.452. The van der Waals surface area contributed by atoms with Crippen LogP contribution in [0.3, 0.4) is 0 Å². The molecule has 154 valence electrons. The molecule has 0 aliphatic carbocycles. The van der Waals surface area contributed by atoms with E-state index in [1.807, 2.05) is 26.0 Å². The number of amides is 3. The zero-order valence-electron chi connectivity index (χ0n) is 16.5. The maximum atomic E-state index is 13.1. The molecule has 2 bridgehead atoms. The van der Waals surface area contributed by atoms with Crippen molar-refractivity contribution in [2.24, 2.45) is 17.8 Å². The highest BCUT2D eigenvalue weighted by Crippen LogP contribution is 2.26. The molecule has 1 unspecified atom stereocenters. The van der Waals surface area contributed by atoms with Crippen molar-refractivity contribution in [3.8, 4) is 5.75 Å². The molecule has 1 aromatic carbocycles. The number of carbonyl (C=O) groups excluding carboxylic acids is 3. The smallest absolute Gasteiger partial charge is 0.247 e. The molecular weight excluding hydrogens is 362 g/mol. The van der Waals surface area contributed by atoms with Crippen molar-refractivity contribution in [1.82, 2.24) is 16.1 Å². The molecule has 0 fully saturated rings. The van der Waals surface area contributed by atoms with Gasteiger partial charge in [0, 0.05) is 19.4 Å². The number of carbonyl (C=O) groups is 3. The Morgan fingerprint density at radius 2 is 1.93 bits per heavy atom. The molecule has 0 saturated heterocycles. The van der Waals surface area contributed by atoms with Crippen LogP contribution < -0.4 is 20.9 Å². The van der Waals surface area contributed by atoms with Gasteiger partial charge in [0.2, 0.25) is 17.7 Å². The van der Waals surface area contributed by atoms with Crippen molar-refractivity contribution in [2.45, 2.75) is 39.2 Å². The number of hydroxylamine groups is 1. The minimum absolute atomic E-state index is 0.142. The van der Waals surface area contributed by atoms with Gasteiger partial charge in [-0.05, 0) is 36.5 Å². The van der Waals surface area contributed by atoms with Crippen LogP contribution in [-0.2, 0) is 20.8 Å².